The third-order valence-electron chi connectivity index (χ3n) is 3.37. The Labute approximate surface area is 97.3 Å². The van der Waals surface area contributed by atoms with Crippen molar-refractivity contribution in [1.82, 2.24) is 4.90 Å². The summed E-state index contributed by atoms with van der Waals surface area (Å²) < 4.78 is 0. The van der Waals surface area contributed by atoms with E-state index in [-0.39, 0.29) is 6.61 Å². The first-order valence-corrected chi connectivity index (χ1v) is 6.05. The number of carboxylic acid groups (broad SMARTS) is 1. The number of carboxylic acids is 1. The fourth-order valence-electron chi connectivity index (χ4n) is 2.33. The van der Waals surface area contributed by atoms with E-state index in [1.165, 1.54) is 0 Å². The third-order valence-corrected chi connectivity index (χ3v) is 3.37. The van der Waals surface area contributed by atoms with Crippen molar-refractivity contribution in [2.45, 2.75) is 45.6 Å². The van der Waals surface area contributed by atoms with Gasteiger partial charge in [-0.05, 0) is 46.1 Å². The van der Waals surface area contributed by atoms with Crippen molar-refractivity contribution in [3.8, 4) is 0 Å². The summed E-state index contributed by atoms with van der Waals surface area (Å²) in [6.45, 7) is 5.38. The van der Waals surface area contributed by atoms with Crippen molar-refractivity contribution in [1.29, 1.82) is 0 Å². The van der Waals surface area contributed by atoms with Crippen molar-refractivity contribution < 1.29 is 15.0 Å². The standard InChI is InChI=1S/C12H23NO3/c1-12(2,11(15)16)9-13-7-3-5-10(13)6-4-8-14/h10,14H,3-9H2,1-2H3,(H,15,16). The molecule has 16 heavy (non-hydrogen) atoms. The molecule has 0 bridgehead atoms. The minimum atomic E-state index is -0.736. The highest BCUT2D eigenvalue weighted by molar-refractivity contribution is 5.73. The highest BCUT2D eigenvalue weighted by atomic mass is 16.4. The first-order chi connectivity index (χ1) is 7.47. The summed E-state index contributed by atoms with van der Waals surface area (Å²) in [4.78, 5) is 13.3. The Morgan fingerprint density at radius 3 is 2.75 bits per heavy atom. The monoisotopic (exact) mass is 229 g/mol. The molecule has 1 rings (SSSR count). The number of likely N-dealkylation sites (tertiary alicyclic amines) is 1. The molecule has 0 aromatic heterocycles. The van der Waals surface area contributed by atoms with Crippen LogP contribution >= 0.6 is 0 Å². The summed E-state index contributed by atoms with van der Waals surface area (Å²) in [6.07, 6.45) is 4.07. The van der Waals surface area contributed by atoms with E-state index in [1.807, 2.05) is 0 Å². The van der Waals surface area contributed by atoms with Gasteiger partial charge < -0.3 is 10.2 Å². The fraction of sp³-hybridized carbons (Fsp3) is 0.917. The van der Waals surface area contributed by atoms with Crippen LogP contribution in [0.3, 0.4) is 0 Å². The minimum Gasteiger partial charge on any atom is -0.481 e. The summed E-state index contributed by atoms with van der Waals surface area (Å²) >= 11 is 0. The van der Waals surface area contributed by atoms with E-state index in [9.17, 15) is 4.79 Å². The van der Waals surface area contributed by atoms with Crippen molar-refractivity contribution in [3.63, 3.8) is 0 Å². The van der Waals surface area contributed by atoms with Crippen LogP contribution in [0.25, 0.3) is 0 Å². The zero-order chi connectivity index (χ0) is 12.2. The quantitative estimate of drug-likeness (QED) is 0.721. The summed E-state index contributed by atoms with van der Waals surface area (Å²) in [7, 11) is 0. The van der Waals surface area contributed by atoms with Crippen LogP contribution in [0.1, 0.15) is 39.5 Å². The van der Waals surface area contributed by atoms with Crippen LogP contribution in [0, 0.1) is 5.41 Å². The zero-order valence-corrected chi connectivity index (χ0v) is 10.3. The summed E-state index contributed by atoms with van der Waals surface area (Å²) in [6, 6.07) is 0.464. The first-order valence-electron chi connectivity index (χ1n) is 6.05. The molecule has 4 nitrogen and oxygen atoms in total. The smallest absolute Gasteiger partial charge is 0.310 e. The number of carbonyl (C=O) groups is 1. The third kappa shape index (κ3) is 3.46. The van der Waals surface area contributed by atoms with Gasteiger partial charge in [0.15, 0.2) is 0 Å². The second kappa shape index (κ2) is 5.64. The molecular formula is C12H23NO3. The van der Waals surface area contributed by atoms with E-state index >= 15 is 0 Å². The number of aliphatic hydroxyl groups is 1. The van der Waals surface area contributed by atoms with Crippen LogP contribution in [0.15, 0.2) is 0 Å². The van der Waals surface area contributed by atoms with Gasteiger partial charge in [-0.1, -0.05) is 0 Å². The summed E-state index contributed by atoms with van der Waals surface area (Å²) in [5, 5.41) is 17.9. The molecule has 94 valence electrons. The maximum atomic E-state index is 11.1. The van der Waals surface area contributed by atoms with E-state index in [0.717, 1.165) is 32.2 Å². The predicted octanol–water partition coefficient (Wildman–Crippen LogP) is 1.33. The molecule has 4 heteroatoms. The van der Waals surface area contributed by atoms with Gasteiger partial charge in [-0.25, -0.2) is 0 Å². The molecule has 1 atom stereocenters. The Balaban J connectivity index is 2.49. The number of aliphatic hydroxyl groups excluding tert-OH is 1. The Kier molecular flexibility index (Phi) is 4.74. The lowest BCUT2D eigenvalue weighted by Gasteiger charge is -2.31. The van der Waals surface area contributed by atoms with Crippen molar-refractivity contribution >= 4 is 5.97 Å². The van der Waals surface area contributed by atoms with Crippen molar-refractivity contribution in [3.05, 3.63) is 0 Å². The Morgan fingerprint density at radius 1 is 1.50 bits per heavy atom. The largest absolute Gasteiger partial charge is 0.481 e. The van der Waals surface area contributed by atoms with E-state index in [2.05, 4.69) is 4.90 Å². The molecule has 1 aliphatic rings. The average molecular weight is 229 g/mol. The molecule has 0 amide bonds. The van der Waals surface area contributed by atoms with Crippen LogP contribution in [-0.2, 0) is 4.79 Å². The highest BCUT2D eigenvalue weighted by Gasteiger charge is 2.34. The molecule has 1 fully saturated rings. The van der Waals surface area contributed by atoms with Crippen LogP contribution in [0.5, 0.6) is 0 Å². The normalized spacial score (nSPS) is 22.6. The molecule has 0 radical (unpaired) electrons. The van der Waals surface area contributed by atoms with E-state index < -0.39 is 11.4 Å². The fourth-order valence-corrected chi connectivity index (χ4v) is 2.33. The van der Waals surface area contributed by atoms with Crippen molar-refractivity contribution in [2.75, 3.05) is 19.7 Å². The number of nitrogens with zero attached hydrogens (tertiary/aromatic N) is 1. The van der Waals surface area contributed by atoms with Gasteiger partial charge in [-0.2, -0.15) is 0 Å². The van der Waals surface area contributed by atoms with Crippen LogP contribution in [0.2, 0.25) is 0 Å². The molecule has 1 aliphatic heterocycles. The molecule has 0 aliphatic carbocycles. The zero-order valence-electron chi connectivity index (χ0n) is 10.3. The number of hydrogen-bond acceptors (Lipinski definition) is 3. The molecule has 0 spiro atoms. The number of aliphatic carboxylic acids is 1. The van der Waals surface area contributed by atoms with Gasteiger partial charge in [-0.15, -0.1) is 0 Å². The van der Waals surface area contributed by atoms with Crippen LogP contribution < -0.4 is 0 Å². The van der Waals surface area contributed by atoms with Gasteiger partial charge in [0.1, 0.15) is 0 Å². The minimum absolute atomic E-state index is 0.229. The van der Waals surface area contributed by atoms with Gasteiger partial charge in [0.2, 0.25) is 0 Å². The van der Waals surface area contributed by atoms with E-state index in [1.54, 1.807) is 13.8 Å². The maximum absolute atomic E-state index is 11.1. The van der Waals surface area contributed by atoms with E-state index in [0.29, 0.717) is 12.6 Å². The molecule has 0 saturated carbocycles. The highest BCUT2D eigenvalue weighted by Crippen LogP contribution is 2.26. The second-order valence-electron chi connectivity index (χ2n) is 5.32. The molecule has 0 aromatic carbocycles. The predicted molar refractivity (Wildman–Crippen MR) is 62.3 cm³/mol. The lowest BCUT2D eigenvalue weighted by molar-refractivity contribution is -0.148. The van der Waals surface area contributed by atoms with Gasteiger partial charge >= 0.3 is 5.97 Å². The summed E-state index contributed by atoms with van der Waals surface area (Å²) in [5.74, 6) is -0.736. The second-order valence-corrected chi connectivity index (χ2v) is 5.32. The Bertz CT molecular complexity index is 240. The molecule has 2 N–H and O–H groups in total. The molecule has 1 heterocycles. The Hall–Kier alpha value is -0.610. The molecule has 1 unspecified atom stereocenters. The first kappa shape index (κ1) is 13.5. The molecule has 0 aromatic rings. The van der Waals surface area contributed by atoms with Crippen LogP contribution in [0.4, 0.5) is 0 Å². The maximum Gasteiger partial charge on any atom is 0.310 e. The Morgan fingerprint density at radius 2 is 2.19 bits per heavy atom. The SMILES string of the molecule is CC(C)(CN1CCCC1CCCO)C(=O)O. The topological polar surface area (TPSA) is 60.8 Å². The number of hydrogen-bond donors (Lipinski definition) is 2. The lowest BCUT2D eigenvalue weighted by Crippen LogP contribution is -2.41. The summed E-state index contributed by atoms with van der Waals surface area (Å²) in [5.41, 5.74) is -0.679. The molecular weight excluding hydrogens is 206 g/mol. The number of rotatable bonds is 6. The van der Waals surface area contributed by atoms with Gasteiger partial charge in [0.05, 0.1) is 5.41 Å². The van der Waals surface area contributed by atoms with Gasteiger partial charge in [0.25, 0.3) is 0 Å². The molecule has 1 saturated heterocycles. The average Bonchev–Trinajstić information content (AvgIpc) is 2.61. The van der Waals surface area contributed by atoms with Gasteiger partial charge in [-0.3, -0.25) is 9.69 Å². The van der Waals surface area contributed by atoms with Crippen molar-refractivity contribution in [2.24, 2.45) is 5.41 Å². The lowest BCUT2D eigenvalue weighted by atomic mass is 9.92. The van der Waals surface area contributed by atoms with Crippen LogP contribution in [-0.4, -0.2) is 46.8 Å². The van der Waals surface area contributed by atoms with Gasteiger partial charge in [0, 0.05) is 19.2 Å². The van der Waals surface area contributed by atoms with E-state index in [4.69, 9.17) is 10.2 Å².